The van der Waals surface area contributed by atoms with Crippen LogP contribution >= 0.6 is 15.9 Å². The zero-order valence-electron chi connectivity index (χ0n) is 10.2. The van der Waals surface area contributed by atoms with Gasteiger partial charge >= 0.3 is 0 Å². The van der Waals surface area contributed by atoms with Crippen LogP contribution in [0.2, 0.25) is 0 Å². The van der Waals surface area contributed by atoms with E-state index in [1.165, 1.54) is 19.3 Å². The fourth-order valence-corrected chi connectivity index (χ4v) is 2.28. The largest absolute Gasteiger partial charge is 0.348 e. The molecule has 0 saturated carbocycles. The van der Waals surface area contributed by atoms with Gasteiger partial charge in [-0.05, 0) is 18.6 Å². The van der Waals surface area contributed by atoms with Gasteiger partial charge in [0.25, 0.3) is 0 Å². The van der Waals surface area contributed by atoms with Crippen LogP contribution in [0.1, 0.15) is 38.0 Å². The van der Waals surface area contributed by atoms with E-state index < -0.39 is 0 Å². The second-order valence-electron chi connectivity index (χ2n) is 4.56. The SMILES string of the molecule is CCCCC1COC(c2ccc(Br)cc2)OC1. The van der Waals surface area contributed by atoms with E-state index in [2.05, 4.69) is 22.9 Å². The minimum Gasteiger partial charge on any atom is -0.348 e. The molecule has 0 atom stereocenters. The fraction of sp³-hybridized carbons (Fsp3) is 0.571. The second-order valence-corrected chi connectivity index (χ2v) is 5.47. The topological polar surface area (TPSA) is 18.5 Å². The zero-order chi connectivity index (χ0) is 12.1. The molecule has 0 aliphatic carbocycles. The Balaban J connectivity index is 1.84. The van der Waals surface area contributed by atoms with Crippen LogP contribution in [0, 0.1) is 5.92 Å². The highest BCUT2D eigenvalue weighted by molar-refractivity contribution is 9.10. The van der Waals surface area contributed by atoms with Crippen LogP contribution in [0.15, 0.2) is 28.7 Å². The number of hydrogen-bond donors (Lipinski definition) is 0. The smallest absolute Gasteiger partial charge is 0.183 e. The first-order chi connectivity index (χ1) is 8.29. The van der Waals surface area contributed by atoms with Crippen LogP contribution in [0.3, 0.4) is 0 Å². The lowest BCUT2D eigenvalue weighted by Crippen LogP contribution is -2.27. The third-order valence-electron chi connectivity index (χ3n) is 3.07. The number of unbranched alkanes of at least 4 members (excludes halogenated alkanes) is 1. The molecule has 2 rings (SSSR count). The third kappa shape index (κ3) is 3.80. The number of rotatable bonds is 4. The van der Waals surface area contributed by atoms with Crippen molar-refractivity contribution in [3.8, 4) is 0 Å². The van der Waals surface area contributed by atoms with E-state index in [1.807, 2.05) is 24.3 Å². The highest BCUT2D eigenvalue weighted by Gasteiger charge is 2.22. The predicted octanol–water partition coefficient (Wildman–Crippen LogP) is 4.30. The first-order valence-electron chi connectivity index (χ1n) is 6.28. The van der Waals surface area contributed by atoms with Gasteiger partial charge in [-0.1, -0.05) is 47.8 Å². The van der Waals surface area contributed by atoms with Gasteiger partial charge in [0.05, 0.1) is 13.2 Å². The van der Waals surface area contributed by atoms with Gasteiger partial charge in [0, 0.05) is 16.0 Å². The molecule has 0 spiro atoms. The van der Waals surface area contributed by atoms with Crippen molar-refractivity contribution in [3.63, 3.8) is 0 Å². The van der Waals surface area contributed by atoms with Gasteiger partial charge in [0.15, 0.2) is 6.29 Å². The molecule has 1 heterocycles. The highest BCUT2D eigenvalue weighted by Crippen LogP contribution is 2.27. The van der Waals surface area contributed by atoms with Crippen molar-refractivity contribution < 1.29 is 9.47 Å². The molecule has 0 aromatic heterocycles. The van der Waals surface area contributed by atoms with E-state index in [9.17, 15) is 0 Å². The average Bonchev–Trinajstić information content (AvgIpc) is 2.38. The lowest BCUT2D eigenvalue weighted by Gasteiger charge is -2.29. The molecule has 0 unspecified atom stereocenters. The maximum atomic E-state index is 5.78. The molecule has 94 valence electrons. The molecule has 2 nitrogen and oxygen atoms in total. The van der Waals surface area contributed by atoms with E-state index in [0.29, 0.717) is 5.92 Å². The van der Waals surface area contributed by atoms with E-state index in [1.54, 1.807) is 0 Å². The van der Waals surface area contributed by atoms with Crippen molar-refractivity contribution in [2.45, 2.75) is 32.5 Å². The van der Waals surface area contributed by atoms with Gasteiger partial charge in [-0.3, -0.25) is 0 Å². The average molecular weight is 299 g/mol. The lowest BCUT2D eigenvalue weighted by atomic mass is 10.0. The molecule has 0 bridgehead atoms. The standard InChI is InChI=1S/C14H19BrO2/c1-2-3-4-11-9-16-14(17-10-11)12-5-7-13(15)8-6-12/h5-8,11,14H,2-4,9-10H2,1H3. The summed E-state index contributed by atoms with van der Waals surface area (Å²) in [5.74, 6) is 0.571. The maximum Gasteiger partial charge on any atom is 0.183 e. The normalized spacial score (nSPS) is 24.8. The summed E-state index contributed by atoms with van der Waals surface area (Å²) in [5.41, 5.74) is 1.10. The minimum atomic E-state index is -0.180. The Kier molecular flexibility index (Phi) is 5.01. The van der Waals surface area contributed by atoms with Crippen molar-refractivity contribution in [1.29, 1.82) is 0 Å². The molecular formula is C14H19BrO2. The quantitative estimate of drug-likeness (QED) is 0.825. The molecule has 0 radical (unpaired) electrons. The molecule has 1 aliphatic heterocycles. The molecule has 1 aromatic carbocycles. The molecule has 1 fully saturated rings. The summed E-state index contributed by atoms with van der Waals surface area (Å²) < 4.78 is 12.6. The summed E-state index contributed by atoms with van der Waals surface area (Å²) in [4.78, 5) is 0. The molecule has 1 aromatic rings. The number of benzene rings is 1. The summed E-state index contributed by atoms with van der Waals surface area (Å²) in [6, 6.07) is 8.12. The highest BCUT2D eigenvalue weighted by atomic mass is 79.9. The van der Waals surface area contributed by atoms with Gasteiger partial charge in [-0.15, -0.1) is 0 Å². The van der Waals surface area contributed by atoms with Crippen molar-refractivity contribution >= 4 is 15.9 Å². The van der Waals surface area contributed by atoms with Gasteiger partial charge in [0.2, 0.25) is 0 Å². The van der Waals surface area contributed by atoms with Crippen LogP contribution in [0.5, 0.6) is 0 Å². The van der Waals surface area contributed by atoms with Crippen LogP contribution < -0.4 is 0 Å². The number of hydrogen-bond acceptors (Lipinski definition) is 2. The molecule has 0 N–H and O–H groups in total. The maximum absolute atomic E-state index is 5.78. The summed E-state index contributed by atoms with van der Waals surface area (Å²) in [6.45, 7) is 3.86. The first-order valence-corrected chi connectivity index (χ1v) is 7.07. The molecule has 3 heteroatoms. The Morgan fingerprint density at radius 2 is 1.82 bits per heavy atom. The van der Waals surface area contributed by atoms with Gasteiger partial charge in [-0.25, -0.2) is 0 Å². The minimum absolute atomic E-state index is 0.180. The van der Waals surface area contributed by atoms with Crippen LogP contribution in [-0.4, -0.2) is 13.2 Å². The van der Waals surface area contributed by atoms with Crippen molar-refractivity contribution in [3.05, 3.63) is 34.3 Å². The Morgan fingerprint density at radius 3 is 2.41 bits per heavy atom. The third-order valence-corrected chi connectivity index (χ3v) is 3.60. The summed E-state index contributed by atoms with van der Waals surface area (Å²) in [5, 5.41) is 0. The zero-order valence-corrected chi connectivity index (χ0v) is 11.8. The Hall–Kier alpha value is -0.380. The van der Waals surface area contributed by atoms with Crippen molar-refractivity contribution in [2.24, 2.45) is 5.92 Å². The molecular weight excluding hydrogens is 280 g/mol. The first kappa shape index (κ1) is 13.1. The Labute approximate surface area is 111 Å². The molecule has 17 heavy (non-hydrogen) atoms. The molecule has 1 aliphatic rings. The van der Waals surface area contributed by atoms with Gasteiger partial charge in [0.1, 0.15) is 0 Å². The van der Waals surface area contributed by atoms with Gasteiger partial charge < -0.3 is 9.47 Å². The lowest BCUT2D eigenvalue weighted by molar-refractivity contribution is -0.206. The van der Waals surface area contributed by atoms with E-state index >= 15 is 0 Å². The fourth-order valence-electron chi connectivity index (χ4n) is 2.02. The van der Waals surface area contributed by atoms with Crippen LogP contribution in [-0.2, 0) is 9.47 Å². The Morgan fingerprint density at radius 1 is 1.18 bits per heavy atom. The predicted molar refractivity (Wildman–Crippen MR) is 71.8 cm³/mol. The second kappa shape index (κ2) is 6.53. The number of halogens is 1. The van der Waals surface area contributed by atoms with Crippen LogP contribution in [0.4, 0.5) is 0 Å². The van der Waals surface area contributed by atoms with Crippen molar-refractivity contribution in [1.82, 2.24) is 0 Å². The van der Waals surface area contributed by atoms with Crippen LogP contribution in [0.25, 0.3) is 0 Å². The van der Waals surface area contributed by atoms with E-state index in [4.69, 9.17) is 9.47 Å². The van der Waals surface area contributed by atoms with E-state index in [0.717, 1.165) is 23.2 Å². The van der Waals surface area contributed by atoms with E-state index in [-0.39, 0.29) is 6.29 Å². The molecule has 1 saturated heterocycles. The molecule has 0 amide bonds. The van der Waals surface area contributed by atoms with Crippen molar-refractivity contribution in [2.75, 3.05) is 13.2 Å². The number of ether oxygens (including phenoxy) is 2. The van der Waals surface area contributed by atoms with Gasteiger partial charge in [-0.2, -0.15) is 0 Å². The Bertz CT molecular complexity index is 329. The summed E-state index contributed by atoms with van der Waals surface area (Å²) >= 11 is 3.43. The monoisotopic (exact) mass is 298 g/mol. The summed E-state index contributed by atoms with van der Waals surface area (Å²) in [7, 11) is 0. The summed E-state index contributed by atoms with van der Waals surface area (Å²) in [6.07, 6.45) is 3.54.